The van der Waals surface area contributed by atoms with Crippen molar-refractivity contribution >= 4 is 22.4 Å². The monoisotopic (exact) mass is 410 g/mol. The SMILES string of the molecule is [C-]#[N+]c1cc2nccc(Oc3ccc(CC(=O)Cc4ccc(F)cc4)cc3)c2cc1C. The Labute approximate surface area is 179 Å². The number of aryl methyl sites for hydroxylation is 1. The molecular formula is C26H19FN2O2. The number of halogens is 1. The van der Waals surface area contributed by atoms with Crippen molar-refractivity contribution in [1.29, 1.82) is 0 Å². The van der Waals surface area contributed by atoms with E-state index in [2.05, 4.69) is 9.83 Å². The van der Waals surface area contributed by atoms with E-state index in [1.54, 1.807) is 30.5 Å². The van der Waals surface area contributed by atoms with Crippen molar-refractivity contribution in [3.05, 3.63) is 107 Å². The molecule has 0 bridgehead atoms. The molecule has 1 heterocycles. The molecular weight excluding hydrogens is 391 g/mol. The van der Waals surface area contributed by atoms with Gasteiger partial charge < -0.3 is 4.74 Å². The lowest BCUT2D eigenvalue weighted by Crippen LogP contribution is -2.06. The number of rotatable bonds is 6. The van der Waals surface area contributed by atoms with Crippen molar-refractivity contribution in [2.75, 3.05) is 0 Å². The molecule has 4 rings (SSSR count). The standard InChI is InChI=1S/C26H19FN2O2/c1-17-13-23-25(16-24(17)28-2)29-12-11-26(23)31-22-9-5-19(6-10-22)15-21(30)14-18-3-7-20(27)8-4-18/h3-13,16H,14-15H2,1H3. The normalized spacial score (nSPS) is 10.6. The number of ether oxygens (including phenoxy) is 1. The lowest BCUT2D eigenvalue weighted by Gasteiger charge is -2.10. The van der Waals surface area contributed by atoms with E-state index in [-0.39, 0.29) is 18.0 Å². The predicted octanol–water partition coefficient (Wildman–Crippen LogP) is 6.38. The highest BCUT2D eigenvalue weighted by Gasteiger charge is 2.09. The van der Waals surface area contributed by atoms with Crippen LogP contribution in [0.25, 0.3) is 15.7 Å². The van der Waals surface area contributed by atoms with E-state index in [0.29, 0.717) is 29.1 Å². The van der Waals surface area contributed by atoms with Gasteiger partial charge in [0.2, 0.25) is 0 Å². The van der Waals surface area contributed by atoms with Crippen LogP contribution in [-0.2, 0) is 17.6 Å². The van der Waals surface area contributed by atoms with Crippen LogP contribution in [0, 0.1) is 19.3 Å². The van der Waals surface area contributed by atoms with Gasteiger partial charge in [0, 0.05) is 24.4 Å². The molecule has 1 aromatic heterocycles. The van der Waals surface area contributed by atoms with Crippen LogP contribution in [0.4, 0.5) is 10.1 Å². The first-order valence-corrected chi connectivity index (χ1v) is 9.81. The summed E-state index contributed by atoms with van der Waals surface area (Å²) in [4.78, 5) is 20.2. The summed E-state index contributed by atoms with van der Waals surface area (Å²) in [6.07, 6.45) is 2.23. The van der Waals surface area contributed by atoms with Crippen molar-refractivity contribution in [2.45, 2.75) is 19.8 Å². The summed E-state index contributed by atoms with van der Waals surface area (Å²) < 4.78 is 19.0. The molecule has 0 saturated heterocycles. The number of Topliss-reactive ketones (excluding diaryl/α,β-unsaturated/α-hetero) is 1. The Hall–Kier alpha value is -4.04. The fraction of sp³-hybridized carbons (Fsp3) is 0.115. The first-order chi connectivity index (χ1) is 15.0. The summed E-state index contributed by atoms with van der Waals surface area (Å²) >= 11 is 0. The average Bonchev–Trinajstić information content (AvgIpc) is 2.77. The maximum Gasteiger partial charge on any atom is 0.192 e. The molecule has 3 aromatic carbocycles. The minimum absolute atomic E-state index is 0.0616. The maximum absolute atomic E-state index is 13.0. The van der Waals surface area contributed by atoms with Crippen molar-refractivity contribution in [1.82, 2.24) is 4.98 Å². The second-order valence-electron chi connectivity index (χ2n) is 7.34. The molecule has 31 heavy (non-hydrogen) atoms. The third kappa shape index (κ3) is 4.76. The second-order valence-corrected chi connectivity index (χ2v) is 7.34. The number of benzene rings is 3. The van der Waals surface area contributed by atoms with Crippen LogP contribution in [0.3, 0.4) is 0 Å². The Bertz CT molecular complexity index is 1290. The molecule has 4 aromatic rings. The molecule has 0 aliphatic rings. The summed E-state index contributed by atoms with van der Waals surface area (Å²) in [6.45, 7) is 9.15. The fourth-order valence-corrected chi connectivity index (χ4v) is 3.40. The van der Waals surface area contributed by atoms with E-state index in [0.717, 1.165) is 22.1 Å². The van der Waals surface area contributed by atoms with E-state index in [1.807, 2.05) is 37.3 Å². The molecule has 0 N–H and O–H groups in total. The topological polar surface area (TPSA) is 43.5 Å². The Morgan fingerprint density at radius 3 is 2.29 bits per heavy atom. The fourth-order valence-electron chi connectivity index (χ4n) is 3.40. The van der Waals surface area contributed by atoms with Crippen molar-refractivity contribution in [3.63, 3.8) is 0 Å². The predicted molar refractivity (Wildman–Crippen MR) is 118 cm³/mol. The number of nitrogens with zero attached hydrogens (tertiary/aromatic N) is 2. The molecule has 0 fully saturated rings. The Kier molecular flexibility index (Phi) is 5.72. The lowest BCUT2D eigenvalue weighted by atomic mass is 10.0. The number of ketones is 1. The van der Waals surface area contributed by atoms with Crippen LogP contribution in [0.2, 0.25) is 0 Å². The zero-order valence-corrected chi connectivity index (χ0v) is 16.9. The van der Waals surface area contributed by atoms with Gasteiger partial charge in [-0.15, -0.1) is 0 Å². The van der Waals surface area contributed by atoms with Gasteiger partial charge in [0.1, 0.15) is 23.1 Å². The van der Waals surface area contributed by atoms with Crippen LogP contribution >= 0.6 is 0 Å². The minimum atomic E-state index is -0.309. The van der Waals surface area contributed by atoms with Gasteiger partial charge in [-0.05, 0) is 60.0 Å². The number of carbonyl (C=O) groups excluding carboxylic acids is 1. The van der Waals surface area contributed by atoms with Crippen LogP contribution in [0.1, 0.15) is 16.7 Å². The molecule has 0 spiro atoms. The third-order valence-corrected chi connectivity index (χ3v) is 5.01. The van der Waals surface area contributed by atoms with Gasteiger partial charge >= 0.3 is 0 Å². The van der Waals surface area contributed by atoms with Crippen molar-refractivity contribution < 1.29 is 13.9 Å². The number of carbonyl (C=O) groups is 1. The molecule has 0 radical (unpaired) electrons. The van der Waals surface area contributed by atoms with Gasteiger partial charge in [0.05, 0.1) is 12.1 Å². The van der Waals surface area contributed by atoms with Crippen LogP contribution in [0.15, 0.2) is 72.9 Å². The summed E-state index contributed by atoms with van der Waals surface area (Å²) in [5.41, 5.74) is 3.84. The number of fused-ring (bicyclic) bond motifs is 1. The van der Waals surface area contributed by atoms with Gasteiger partial charge in [-0.1, -0.05) is 30.3 Å². The van der Waals surface area contributed by atoms with E-state index in [1.165, 1.54) is 12.1 Å². The first kappa shape index (κ1) is 20.2. The molecule has 0 atom stereocenters. The summed E-state index contributed by atoms with van der Waals surface area (Å²) in [6, 6.07) is 18.8. The van der Waals surface area contributed by atoms with E-state index in [4.69, 9.17) is 11.3 Å². The Morgan fingerprint density at radius 1 is 1.00 bits per heavy atom. The molecule has 0 aliphatic carbocycles. The van der Waals surface area contributed by atoms with Gasteiger partial charge in [-0.2, -0.15) is 0 Å². The third-order valence-electron chi connectivity index (χ3n) is 5.01. The van der Waals surface area contributed by atoms with Gasteiger partial charge in [-0.3, -0.25) is 9.78 Å². The highest BCUT2D eigenvalue weighted by Crippen LogP contribution is 2.33. The zero-order valence-electron chi connectivity index (χ0n) is 16.9. The number of hydrogen-bond donors (Lipinski definition) is 0. The molecule has 0 amide bonds. The molecule has 0 aliphatic heterocycles. The quantitative estimate of drug-likeness (QED) is 0.347. The lowest BCUT2D eigenvalue weighted by molar-refractivity contribution is -0.117. The Balaban J connectivity index is 1.46. The van der Waals surface area contributed by atoms with Crippen LogP contribution in [-0.4, -0.2) is 10.8 Å². The van der Waals surface area contributed by atoms with Gasteiger partial charge in [-0.25, -0.2) is 9.24 Å². The maximum atomic E-state index is 13.0. The van der Waals surface area contributed by atoms with E-state index >= 15 is 0 Å². The zero-order chi connectivity index (χ0) is 21.8. The smallest absolute Gasteiger partial charge is 0.192 e. The van der Waals surface area contributed by atoms with E-state index in [9.17, 15) is 9.18 Å². The molecule has 152 valence electrons. The highest BCUT2D eigenvalue weighted by atomic mass is 19.1. The summed E-state index contributed by atoms with van der Waals surface area (Å²) in [5, 5.41) is 0.839. The van der Waals surface area contributed by atoms with Crippen LogP contribution in [0.5, 0.6) is 11.5 Å². The first-order valence-electron chi connectivity index (χ1n) is 9.81. The molecule has 5 heteroatoms. The molecule has 0 unspecified atom stereocenters. The summed E-state index contributed by atoms with van der Waals surface area (Å²) in [7, 11) is 0. The largest absolute Gasteiger partial charge is 0.457 e. The number of pyridine rings is 1. The van der Waals surface area contributed by atoms with Crippen molar-refractivity contribution in [2.24, 2.45) is 0 Å². The van der Waals surface area contributed by atoms with Crippen LogP contribution < -0.4 is 4.74 Å². The summed E-state index contributed by atoms with van der Waals surface area (Å²) in [5.74, 6) is 1.06. The van der Waals surface area contributed by atoms with Gasteiger partial charge in [0.15, 0.2) is 5.69 Å². The molecule has 0 saturated carbocycles. The molecule has 4 nitrogen and oxygen atoms in total. The van der Waals surface area contributed by atoms with E-state index < -0.39 is 0 Å². The number of aromatic nitrogens is 1. The second kappa shape index (κ2) is 8.76. The number of hydrogen-bond acceptors (Lipinski definition) is 3. The Morgan fingerprint density at radius 2 is 1.65 bits per heavy atom. The minimum Gasteiger partial charge on any atom is -0.457 e. The van der Waals surface area contributed by atoms with Crippen molar-refractivity contribution in [3.8, 4) is 11.5 Å². The highest BCUT2D eigenvalue weighted by molar-refractivity contribution is 5.89. The average molecular weight is 410 g/mol. The van der Waals surface area contributed by atoms with Gasteiger partial charge in [0.25, 0.3) is 0 Å².